The predicted molar refractivity (Wildman–Crippen MR) is 66.4 cm³/mol. The molecule has 1 aromatic carbocycles. The molecule has 2 nitrogen and oxygen atoms in total. The second-order valence-electron chi connectivity index (χ2n) is 3.52. The fourth-order valence-corrected chi connectivity index (χ4v) is 2.81. The maximum atomic E-state index is 11.4. The van der Waals surface area contributed by atoms with Crippen molar-refractivity contribution in [3.05, 3.63) is 35.9 Å². The Morgan fingerprint density at radius 2 is 2.31 bits per heavy atom. The van der Waals surface area contributed by atoms with E-state index in [-0.39, 0.29) is 5.97 Å². The molecule has 3 heteroatoms. The van der Waals surface area contributed by atoms with Gasteiger partial charge in [0.2, 0.25) is 0 Å². The number of allylic oxidation sites excluding steroid dienone is 1. The molecule has 0 radical (unpaired) electrons. The van der Waals surface area contributed by atoms with E-state index >= 15 is 0 Å². The van der Waals surface area contributed by atoms with Crippen molar-refractivity contribution in [1.82, 2.24) is 0 Å². The smallest absolute Gasteiger partial charge is 0.331 e. The van der Waals surface area contributed by atoms with Crippen LogP contribution in [-0.4, -0.2) is 18.3 Å². The lowest BCUT2D eigenvalue weighted by atomic mass is 10.0. The van der Waals surface area contributed by atoms with Crippen molar-refractivity contribution < 1.29 is 9.53 Å². The van der Waals surface area contributed by atoms with Crippen molar-refractivity contribution in [1.29, 1.82) is 0 Å². The van der Waals surface area contributed by atoms with E-state index in [9.17, 15) is 4.79 Å². The molecule has 1 aliphatic rings. The highest BCUT2D eigenvalue weighted by molar-refractivity contribution is 7.99. The van der Waals surface area contributed by atoms with Gasteiger partial charge in [-0.1, -0.05) is 18.2 Å². The van der Waals surface area contributed by atoms with Crippen LogP contribution in [0.1, 0.15) is 18.9 Å². The van der Waals surface area contributed by atoms with Gasteiger partial charge in [-0.3, -0.25) is 0 Å². The third-order valence-electron chi connectivity index (χ3n) is 2.44. The molecule has 2 rings (SSSR count). The van der Waals surface area contributed by atoms with Gasteiger partial charge in [-0.2, -0.15) is 0 Å². The van der Waals surface area contributed by atoms with Crippen molar-refractivity contribution in [2.45, 2.75) is 18.2 Å². The highest BCUT2D eigenvalue weighted by Gasteiger charge is 2.14. The van der Waals surface area contributed by atoms with Crippen molar-refractivity contribution in [2.24, 2.45) is 0 Å². The van der Waals surface area contributed by atoms with Crippen molar-refractivity contribution in [3.63, 3.8) is 0 Å². The lowest BCUT2D eigenvalue weighted by Crippen LogP contribution is -2.04. The zero-order valence-corrected chi connectivity index (χ0v) is 10.0. The molecule has 0 aromatic heterocycles. The Labute approximate surface area is 99.7 Å². The first-order valence-electron chi connectivity index (χ1n) is 5.41. The zero-order valence-electron chi connectivity index (χ0n) is 9.23. The number of carbonyl (C=O) groups is 1. The maximum Gasteiger partial charge on any atom is 0.331 e. The average Bonchev–Trinajstić information content (AvgIpc) is 2.30. The van der Waals surface area contributed by atoms with Crippen LogP contribution in [0.3, 0.4) is 0 Å². The molecular weight excluding hydrogens is 220 g/mol. The van der Waals surface area contributed by atoms with E-state index in [0.29, 0.717) is 6.61 Å². The molecule has 0 bridgehead atoms. The minimum atomic E-state index is -0.237. The van der Waals surface area contributed by atoms with E-state index in [0.717, 1.165) is 17.7 Å². The number of thioether (sulfide) groups is 1. The summed E-state index contributed by atoms with van der Waals surface area (Å²) in [5.41, 5.74) is 2.26. The van der Waals surface area contributed by atoms with Crippen LogP contribution in [-0.2, 0) is 9.53 Å². The third-order valence-corrected chi connectivity index (χ3v) is 3.52. The molecule has 0 saturated heterocycles. The Balaban J connectivity index is 2.28. The highest BCUT2D eigenvalue weighted by atomic mass is 32.2. The fourth-order valence-electron chi connectivity index (χ4n) is 1.74. The normalized spacial score (nSPS) is 16.9. The first kappa shape index (κ1) is 11.3. The molecule has 0 spiro atoms. The van der Waals surface area contributed by atoms with Gasteiger partial charge in [0.25, 0.3) is 0 Å². The molecule has 84 valence electrons. The van der Waals surface area contributed by atoms with Crippen LogP contribution in [0.15, 0.2) is 35.2 Å². The highest BCUT2D eigenvalue weighted by Crippen LogP contribution is 2.36. The molecule has 0 amide bonds. The van der Waals surface area contributed by atoms with E-state index in [4.69, 9.17) is 4.74 Å². The number of rotatable bonds is 2. The van der Waals surface area contributed by atoms with Gasteiger partial charge in [-0.05, 0) is 30.5 Å². The second-order valence-corrected chi connectivity index (χ2v) is 4.65. The Kier molecular flexibility index (Phi) is 3.67. The summed E-state index contributed by atoms with van der Waals surface area (Å²) in [4.78, 5) is 12.7. The topological polar surface area (TPSA) is 26.3 Å². The summed E-state index contributed by atoms with van der Waals surface area (Å²) in [6.07, 6.45) is 2.56. The van der Waals surface area contributed by atoms with Crippen LogP contribution in [0.5, 0.6) is 0 Å². The Morgan fingerprint density at radius 3 is 3.12 bits per heavy atom. The molecule has 0 saturated carbocycles. The summed E-state index contributed by atoms with van der Waals surface area (Å²) < 4.78 is 4.94. The number of carbonyl (C=O) groups excluding carboxylic acids is 1. The number of benzene rings is 1. The Bertz CT molecular complexity index is 424. The quantitative estimate of drug-likeness (QED) is 0.581. The molecule has 0 atom stereocenters. The van der Waals surface area contributed by atoms with Crippen molar-refractivity contribution in [3.8, 4) is 0 Å². The van der Waals surface area contributed by atoms with Gasteiger partial charge in [-0.15, -0.1) is 11.8 Å². The van der Waals surface area contributed by atoms with Gasteiger partial charge in [0.05, 0.1) is 6.61 Å². The van der Waals surface area contributed by atoms with E-state index in [2.05, 4.69) is 12.1 Å². The standard InChI is InChI=1S/C13H14O2S/c1-2-15-13(14)9-10-7-8-16-12-6-4-3-5-11(10)12/h3-6,9H,2,7-8H2,1H3/b10-9-. The van der Waals surface area contributed by atoms with E-state index in [1.54, 1.807) is 6.08 Å². The van der Waals surface area contributed by atoms with Gasteiger partial charge in [0.1, 0.15) is 0 Å². The van der Waals surface area contributed by atoms with Gasteiger partial charge >= 0.3 is 5.97 Å². The first-order chi connectivity index (χ1) is 7.81. The van der Waals surface area contributed by atoms with Crippen molar-refractivity contribution >= 4 is 23.3 Å². The molecule has 1 aliphatic heterocycles. The SMILES string of the molecule is CCOC(=O)/C=C1/CCSc2ccccc21. The number of ether oxygens (including phenoxy) is 1. The summed E-state index contributed by atoms with van der Waals surface area (Å²) >= 11 is 1.84. The Morgan fingerprint density at radius 1 is 1.50 bits per heavy atom. The van der Waals surface area contributed by atoms with Gasteiger partial charge in [0, 0.05) is 16.7 Å². The largest absolute Gasteiger partial charge is 0.463 e. The molecule has 1 aromatic rings. The minimum Gasteiger partial charge on any atom is -0.463 e. The van der Waals surface area contributed by atoms with Gasteiger partial charge in [-0.25, -0.2) is 4.79 Å². The molecule has 0 N–H and O–H groups in total. The summed E-state index contributed by atoms with van der Waals surface area (Å²) in [5, 5.41) is 0. The maximum absolute atomic E-state index is 11.4. The molecular formula is C13H14O2S. The third kappa shape index (κ3) is 2.47. The number of hydrogen-bond donors (Lipinski definition) is 0. The molecule has 16 heavy (non-hydrogen) atoms. The lowest BCUT2D eigenvalue weighted by molar-refractivity contribution is -0.137. The van der Waals surface area contributed by atoms with E-state index in [1.165, 1.54) is 10.5 Å². The summed E-state index contributed by atoms with van der Waals surface area (Å²) in [6, 6.07) is 8.19. The van der Waals surface area contributed by atoms with Crippen molar-refractivity contribution in [2.75, 3.05) is 12.4 Å². The Hall–Kier alpha value is -1.22. The zero-order chi connectivity index (χ0) is 11.4. The van der Waals surface area contributed by atoms with E-state index < -0.39 is 0 Å². The molecule has 1 heterocycles. The average molecular weight is 234 g/mol. The van der Waals surface area contributed by atoms with Crippen LogP contribution in [0.4, 0.5) is 0 Å². The summed E-state index contributed by atoms with van der Waals surface area (Å²) in [6.45, 7) is 2.25. The minimum absolute atomic E-state index is 0.237. The van der Waals surface area contributed by atoms with Crippen LogP contribution >= 0.6 is 11.8 Å². The summed E-state index contributed by atoms with van der Waals surface area (Å²) in [7, 11) is 0. The number of esters is 1. The second kappa shape index (κ2) is 5.21. The fraction of sp³-hybridized carbons (Fsp3) is 0.308. The molecule has 0 aliphatic carbocycles. The summed E-state index contributed by atoms with van der Waals surface area (Å²) in [5.74, 6) is 0.793. The number of hydrogen-bond acceptors (Lipinski definition) is 3. The monoisotopic (exact) mass is 234 g/mol. The van der Waals surface area contributed by atoms with Crippen LogP contribution in [0, 0.1) is 0 Å². The van der Waals surface area contributed by atoms with Crippen LogP contribution in [0.2, 0.25) is 0 Å². The van der Waals surface area contributed by atoms with E-state index in [1.807, 2.05) is 30.8 Å². The lowest BCUT2D eigenvalue weighted by Gasteiger charge is -2.17. The number of fused-ring (bicyclic) bond motifs is 1. The van der Waals surface area contributed by atoms with Crippen LogP contribution in [0.25, 0.3) is 5.57 Å². The molecule has 0 unspecified atom stereocenters. The predicted octanol–water partition coefficient (Wildman–Crippen LogP) is 3.13. The van der Waals surface area contributed by atoms with Gasteiger partial charge in [0.15, 0.2) is 0 Å². The molecule has 0 fully saturated rings. The first-order valence-corrected chi connectivity index (χ1v) is 6.39. The van der Waals surface area contributed by atoms with Gasteiger partial charge < -0.3 is 4.74 Å². The van der Waals surface area contributed by atoms with Crippen LogP contribution < -0.4 is 0 Å².